The molecule has 5 atom stereocenters. The number of nitrogens with zero attached hydrogens (tertiary/aromatic N) is 1. The van der Waals surface area contributed by atoms with Gasteiger partial charge in [-0.2, -0.15) is 0 Å². The molecular weight excluding hydrogens is 651 g/mol. The molecule has 1 heteroatoms. The van der Waals surface area contributed by atoms with Crippen LogP contribution in [0.15, 0.2) is 181 Å². The fourth-order valence-electron chi connectivity index (χ4n) is 10.1. The zero-order valence-corrected chi connectivity index (χ0v) is 30.0. The summed E-state index contributed by atoms with van der Waals surface area (Å²) in [5.41, 5.74) is 24.4. The first kappa shape index (κ1) is 30.2. The molecule has 254 valence electrons. The van der Waals surface area contributed by atoms with Crippen LogP contribution in [0, 0.1) is 0 Å². The maximum absolute atomic E-state index is 5.29. The molecule has 0 amide bonds. The van der Waals surface area contributed by atoms with Crippen LogP contribution in [0.5, 0.6) is 0 Å². The van der Waals surface area contributed by atoms with Crippen LogP contribution in [-0.4, -0.2) is 5.71 Å². The van der Waals surface area contributed by atoms with Crippen molar-refractivity contribution in [1.29, 1.82) is 0 Å². The highest BCUT2D eigenvalue weighted by molar-refractivity contribution is 6.10. The van der Waals surface area contributed by atoms with Crippen LogP contribution in [0.2, 0.25) is 0 Å². The maximum atomic E-state index is 5.29. The smallest absolute Gasteiger partial charge is 0.101 e. The standard InChI is InChI=1S/C53H37N/c1-31-38(24-25-51(33-11-4-2-5-12-33)54-53(31)34-13-6-3-7-14-34)37-19-22-41-44-26-35(18-21-42(44)47-29-48(47)46(41)28-37)36-17-20-40-43-23-16-32-10-8-9-15-39(32)52(43)50-30-49(50)45(40)27-36/h2-23,25-28,47-50,53H,1,29-30H2. The molecule has 0 N–H and O–H groups in total. The summed E-state index contributed by atoms with van der Waals surface area (Å²) in [5.74, 6) is 2.42. The maximum Gasteiger partial charge on any atom is 0.101 e. The number of rotatable bonds is 4. The van der Waals surface area contributed by atoms with E-state index < -0.39 is 0 Å². The molecule has 0 aromatic heterocycles. The number of fused-ring (bicyclic) bond motifs is 14. The van der Waals surface area contributed by atoms with Gasteiger partial charge in [-0.3, -0.25) is 4.99 Å². The third kappa shape index (κ3) is 4.55. The molecule has 4 aliphatic carbocycles. The summed E-state index contributed by atoms with van der Waals surface area (Å²) in [7, 11) is 0. The van der Waals surface area contributed by atoms with Gasteiger partial charge in [0.15, 0.2) is 0 Å². The molecule has 5 aliphatic rings. The summed E-state index contributed by atoms with van der Waals surface area (Å²) in [4.78, 5) is 5.29. The van der Waals surface area contributed by atoms with Crippen LogP contribution in [0.4, 0.5) is 0 Å². The van der Waals surface area contributed by atoms with Crippen molar-refractivity contribution >= 4 is 22.1 Å². The summed E-state index contributed by atoms with van der Waals surface area (Å²) < 4.78 is 0. The van der Waals surface area contributed by atoms with Crippen molar-refractivity contribution in [3.63, 3.8) is 0 Å². The van der Waals surface area contributed by atoms with E-state index in [1.807, 2.05) is 6.07 Å². The van der Waals surface area contributed by atoms with Gasteiger partial charge < -0.3 is 0 Å². The Labute approximate surface area is 316 Å². The highest BCUT2D eigenvalue weighted by Crippen LogP contribution is 2.65. The van der Waals surface area contributed by atoms with Gasteiger partial charge in [-0.15, -0.1) is 5.73 Å². The lowest BCUT2D eigenvalue weighted by atomic mass is 9.80. The first-order valence-corrected chi connectivity index (χ1v) is 19.5. The SMILES string of the molecule is C=C1C(c2ccc3c(c2)C2CC2c2ccc(-c4ccc5c(c4)C4CC4c4c-5ccc5ccccc45)cc2-3)=C=CC(c2ccccc2)=NC1c1ccccc1. The van der Waals surface area contributed by atoms with Crippen molar-refractivity contribution in [2.24, 2.45) is 4.99 Å². The third-order valence-electron chi connectivity index (χ3n) is 12.9. The molecule has 2 saturated carbocycles. The highest BCUT2D eigenvalue weighted by atomic mass is 14.8. The van der Waals surface area contributed by atoms with Crippen LogP contribution in [0.25, 0.3) is 49.7 Å². The van der Waals surface area contributed by atoms with Gasteiger partial charge in [0.25, 0.3) is 0 Å². The van der Waals surface area contributed by atoms with E-state index in [4.69, 9.17) is 4.99 Å². The van der Waals surface area contributed by atoms with Crippen molar-refractivity contribution in [2.45, 2.75) is 42.6 Å². The van der Waals surface area contributed by atoms with Gasteiger partial charge in [0, 0.05) is 17.2 Å². The van der Waals surface area contributed by atoms with Crippen molar-refractivity contribution in [3.05, 3.63) is 215 Å². The fourth-order valence-corrected chi connectivity index (χ4v) is 10.1. The summed E-state index contributed by atoms with van der Waals surface area (Å²) in [5, 5.41) is 2.79. The predicted octanol–water partition coefficient (Wildman–Crippen LogP) is 13.3. The molecule has 7 aromatic carbocycles. The van der Waals surface area contributed by atoms with E-state index in [1.54, 1.807) is 5.56 Å². The molecule has 2 fully saturated rings. The zero-order valence-electron chi connectivity index (χ0n) is 30.0. The average Bonchev–Trinajstić information content (AvgIpc) is 4.17. The van der Waals surface area contributed by atoms with Gasteiger partial charge in [-0.05, 0) is 132 Å². The Morgan fingerprint density at radius 1 is 0.500 bits per heavy atom. The lowest BCUT2D eigenvalue weighted by molar-refractivity contribution is 0.884. The van der Waals surface area contributed by atoms with Crippen LogP contribution in [0.1, 0.15) is 81.5 Å². The number of hydrogen-bond donors (Lipinski definition) is 0. The van der Waals surface area contributed by atoms with Crippen molar-refractivity contribution in [1.82, 2.24) is 0 Å². The first-order valence-electron chi connectivity index (χ1n) is 19.5. The second kappa shape index (κ2) is 11.4. The minimum atomic E-state index is -0.189. The normalized spacial score (nSPS) is 22.4. The summed E-state index contributed by atoms with van der Waals surface area (Å²) in [6.07, 6.45) is 4.52. The van der Waals surface area contributed by atoms with E-state index in [9.17, 15) is 0 Å². The van der Waals surface area contributed by atoms with Crippen molar-refractivity contribution < 1.29 is 0 Å². The van der Waals surface area contributed by atoms with Crippen LogP contribution < -0.4 is 0 Å². The van der Waals surface area contributed by atoms with Gasteiger partial charge in [0.1, 0.15) is 6.04 Å². The average molecular weight is 688 g/mol. The second-order valence-electron chi connectivity index (χ2n) is 15.9. The molecule has 0 radical (unpaired) electrons. The molecule has 54 heavy (non-hydrogen) atoms. The predicted molar refractivity (Wildman–Crippen MR) is 223 cm³/mol. The lowest BCUT2D eigenvalue weighted by Gasteiger charge is -2.24. The van der Waals surface area contributed by atoms with Crippen molar-refractivity contribution in [2.75, 3.05) is 0 Å². The number of hydrogen-bond acceptors (Lipinski definition) is 1. The molecule has 0 bridgehead atoms. The Morgan fingerprint density at radius 2 is 1.13 bits per heavy atom. The molecule has 1 heterocycles. The summed E-state index contributed by atoms with van der Waals surface area (Å²) in [6, 6.07) is 56.1. The van der Waals surface area contributed by atoms with E-state index in [0.29, 0.717) is 23.7 Å². The van der Waals surface area contributed by atoms with Gasteiger partial charge in [0.2, 0.25) is 0 Å². The van der Waals surface area contributed by atoms with Gasteiger partial charge in [-0.25, -0.2) is 0 Å². The lowest BCUT2D eigenvalue weighted by Crippen LogP contribution is -2.05. The molecule has 1 nitrogen and oxygen atoms in total. The first-order chi connectivity index (χ1) is 26.7. The molecule has 0 spiro atoms. The molecule has 12 rings (SSSR count). The van der Waals surface area contributed by atoms with E-state index in [-0.39, 0.29) is 6.04 Å². The quantitative estimate of drug-likeness (QED) is 0.163. The number of aliphatic imine (C=N–C) groups is 1. The second-order valence-corrected chi connectivity index (χ2v) is 15.9. The van der Waals surface area contributed by atoms with Gasteiger partial charge >= 0.3 is 0 Å². The molecule has 1 aliphatic heterocycles. The van der Waals surface area contributed by atoms with Crippen LogP contribution >= 0.6 is 0 Å². The molecule has 7 aromatic rings. The molecular formula is C53H37N. The Balaban J connectivity index is 0.928. The summed E-state index contributed by atoms with van der Waals surface area (Å²) >= 11 is 0. The van der Waals surface area contributed by atoms with E-state index in [0.717, 1.165) is 28.0 Å². The topological polar surface area (TPSA) is 12.4 Å². The highest BCUT2D eigenvalue weighted by Gasteiger charge is 2.47. The van der Waals surface area contributed by atoms with Crippen molar-refractivity contribution in [3.8, 4) is 33.4 Å². The Hall–Kier alpha value is -6.27. The molecule has 5 unspecified atom stereocenters. The largest absolute Gasteiger partial charge is 0.271 e. The van der Waals surface area contributed by atoms with E-state index in [2.05, 4.69) is 164 Å². The fraction of sp³-hybridized carbons (Fsp3) is 0.132. The Bertz CT molecular complexity index is 2850. The monoisotopic (exact) mass is 687 g/mol. The Morgan fingerprint density at radius 3 is 1.98 bits per heavy atom. The minimum absolute atomic E-state index is 0.189. The summed E-state index contributed by atoms with van der Waals surface area (Å²) in [6.45, 7) is 4.68. The number of benzene rings is 7. The Kier molecular flexibility index (Phi) is 6.36. The molecule has 0 saturated heterocycles. The van der Waals surface area contributed by atoms with Gasteiger partial charge in [-0.1, -0.05) is 146 Å². The third-order valence-corrected chi connectivity index (χ3v) is 12.9. The zero-order chi connectivity index (χ0) is 35.5. The van der Waals surface area contributed by atoms with Crippen LogP contribution in [0.3, 0.4) is 0 Å². The van der Waals surface area contributed by atoms with E-state index >= 15 is 0 Å². The van der Waals surface area contributed by atoms with Gasteiger partial charge in [0.05, 0.1) is 5.71 Å². The minimum Gasteiger partial charge on any atom is -0.271 e. The van der Waals surface area contributed by atoms with E-state index in [1.165, 1.54) is 79.2 Å². The van der Waals surface area contributed by atoms with Crippen LogP contribution in [-0.2, 0) is 0 Å².